The molecule has 0 unspecified atom stereocenters. The van der Waals surface area contributed by atoms with Gasteiger partial charge < -0.3 is 9.88 Å². The summed E-state index contributed by atoms with van der Waals surface area (Å²) in [5, 5.41) is 17.0. The van der Waals surface area contributed by atoms with Crippen LogP contribution in [0.15, 0.2) is 54.6 Å². The minimum absolute atomic E-state index is 0.123. The summed E-state index contributed by atoms with van der Waals surface area (Å²) in [7, 11) is 0. The molecule has 0 bridgehead atoms. The number of benzene rings is 2. The minimum Gasteiger partial charge on any atom is -0.319 e. The number of aromatic nitrogens is 5. The number of halogens is 1. The van der Waals surface area contributed by atoms with Crippen LogP contribution in [0.3, 0.4) is 0 Å². The number of para-hydroxylation sites is 1. The molecule has 2 aromatic carbocycles. The van der Waals surface area contributed by atoms with Crippen molar-refractivity contribution in [1.82, 2.24) is 24.5 Å². The van der Waals surface area contributed by atoms with Crippen molar-refractivity contribution < 1.29 is 9.18 Å². The van der Waals surface area contributed by atoms with Crippen LogP contribution in [0, 0.1) is 12.7 Å². The van der Waals surface area contributed by atoms with Crippen LogP contribution in [0.2, 0.25) is 0 Å². The maximum Gasteiger partial charge on any atom is 0.265 e. The molecule has 3 aromatic heterocycles. The number of anilines is 1. The zero-order valence-electron chi connectivity index (χ0n) is 19.2. The van der Waals surface area contributed by atoms with E-state index >= 15 is 0 Å². The first-order chi connectivity index (χ1) is 17.1. The van der Waals surface area contributed by atoms with E-state index in [-0.39, 0.29) is 11.6 Å². The summed E-state index contributed by atoms with van der Waals surface area (Å²) >= 11 is 1.34. The van der Waals surface area contributed by atoms with Gasteiger partial charge in [-0.2, -0.15) is 5.10 Å². The Labute approximate surface area is 205 Å². The third kappa shape index (κ3) is 3.91. The number of aryl methyl sites for hydroxylation is 2. The van der Waals surface area contributed by atoms with Gasteiger partial charge in [-0.05, 0) is 56.2 Å². The lowest BCUT2D eigenvalue weighted by Gasteiger charge is -2.10. The van der Waals surface area contributed by atoms with Crippen LogP contribution >= 0.6 is 11.3 Å². The molecule has 0 radical (unpaired) electrons. The van der Waals surface area contributed by atoms with E-state index in [0.29, 0.717) is 10.7 Å². The zero-order valence-corrected chi connectivity index (χ0v) is 20.0. The fourth-order valence-corrected chi connectivity index (χ4v) is 5.62. The zero-order chi connectivity index (χ0) is 23.9. The summed E-state index contributed by atoms with van der Waals surface area (Å²) in [6, 6.07) is 16.3. The number of carbonyl (C=O) groups is 1. The van der Waals surface area contributed by atoms with Crippen LogP contribution in [0.1, 0.15) is 40.5 Å². The van der Waals surface area contributed by atoms with Crippen molar-refractivity contribution in [2.24, 2.45) is 0 Å². The first kappa shape index (κ1) is 21.7. The average molecular weight is 487 g/mol. The Kier molecular flexibility index (Phi) is 5.41. The lowest BCUT2D eigenvalue weighted by molar-refractivity contribution is 0.103. The molecular formula is C26H23FN6OS. The Bertz CT molecular complexity index is 1550. The van der Waals surface area contributed by atoms with Gasteiger partial charge in [-0.15, -0.1) is 21.5 Å². The first-order valence-electron chi connectivity index (χ1n) is 11.7. The largest absolute Gasteiger partial charge is 0.319 e. The van der Waals surface area contributed by atoms with Gasteiger partial charge in [-0.3, -0.25) is 4.79 Å². The quantitative estimate of drug-likeness (QED) is 0.350. The van der Waals surface area contributed by atoms with Crippen LogP contribution < -0.4 is 5.32 Å². The SMILES string of the molecule is Cc1nn(-c2ccccc2)c2sc(C(=O)Nc3cc(-c4nnc5n4CCCCC5)ccc3F)cc12. The molecule has 0 fully saturated rings. The lowest BCUT2D eigenvalue weighted by atomic mass is 10.1. The number of hydrogen-bond donors (Lipinski definition) is 1. The van der Waals surface area contributed by atoms with E-state index in [1.54, 1.807) is 12.1 Å². The van der Waals surface area contributed by atoms with Gasteiger partial charge in [-0.1, -0.05) is 24.6 Å². The second kappa shape index (κ2) is 8.74. The van der Waals surface area contributed by atoms with Gasteiger partial charge in [0.1, 0.15) is 16.5 Å². The maximum atomic E-state index is 14.7. The summed E-state index contributed by atoms with van der Waals surface area (Å²) in [6.07, 6.45) is 4.21. The molecule has 0 saturated carbocycles. The monoisotopic (exact) mass is 486 g/mol. The van der Waals surface area contributed by atoms with E-state index in [2.05, 4.69) is 25.2 Å². The topological polar surface area (TPSA) is 77.6 Å². The smallest absolute Gasteiger partial charge is 0.265 e. The molecule has 176 valence electrons. The fourth-order valence-electron chi connectivity index (χ4n) is 4.55. The highest BCUT2D eigenvalue weighted by molar-refractivity contribution is 7.20. The van der Waals surface area contributed by atoms with E-state index in [0.717, 1.165) is 65.2 Å². The molecule has 1 aliphatic rings. The highest BCUT2D eigenvalue weighted by Gasteiger charge is 2.20. The number of fused-ring (bicyclic) bond motifs is 2. The molecule has 5 aromatic rings. The van der Waals surface area contributed by atoms with Crippen LogP contribution in [0.5, 0.6) is 0 Å². The van der Waals surface area contributed by atoms with Crippen molar-refractivity contribution in [3.05, 3.63) is 76.8 Å². The molecule has 0 aliphatic carbocycles. The molecule has 4 heterocycles. The van der Waals surface area contributed by atoms with Crippen LogP contribution in [-0.4, -0.2) is 30.5 Å². The predicted octanol–water partition coefficient (Wildman–Crippen LogP) is 5.77. The van der Waals surface area contributed by atoms with Crippen molar-refractivity contribution in [2.75, 3.05) is 5.32 Å². The highest BCUT2D eigenvalue weighted by Crippen LogP contribution is 2.32. The van der Waals surface area contributed by atoms with Gasteiger partial charge in [0.05, 0.1) is 21.9 Å². The fraction of sp³-hybridized carbons (Fsp3) is 0.231. The van der Waals surface area contributed by atoms with Gasteiger partial charge in [0.25, 0.3) is 5.91 Å². The predicted molar refractivity (Wildman–Crippen MR) is 135 cm³/mol. The number of thiophene rings is 1. The van der Waals surface area contributed by atoms with Crippen molar-refractivity contribution in [3.63, 3.8) is 0 Å². The van der Waals surface area contributed by atoms with Gasteiger partial charge in [0.2, 0.25) is 0 Å². The summed E-state index contributed by atoms with van der Waals surface area (Å²) in [4.78, 5) is 14.5. The molecule has 0 spiro atoms. The number of hydrogen-bond acceptors (Lipinski definition) is 5. The van der Waals surface area contributed by atoms with E-state index in [1.807, 2.05) is 48.0 Å². The second-order valence-electron chi connectivity index (χ2n) is 8.71. The van der Waals surface area contributed by atoms with Crippen molar-refractivity contribution in [3.8, 4) is 17.1 Å². The molecule has 1 amide bonds. The van der Waals surface area contributed by atoms with E-state index in [1.165, 1.54) is 17.4 Å². The van der Waals surface area contributed by atoms with Crippen molar-refractivity contribution in [1.29, 1.82) is 0 Å². The summed E-state index contributed by atoms with van der Waals surface area (Å²) < 4.78 is 18.7. The van der Waals surface area contributed by atoms with Gasteiger partial charge in [-0.25, -0.2) is 9.07 Å². The molecule has 0 saturated heterocycles. The summed E-state index contributed by atoms with van der Waals surface area (Å²) in [5.74, 6) is 0.810. The third-order valence-electron chi connectivity index (χ3n) is 6.35. The standard InChI is InChI=1S/C26H23FN6OS/c1-16-19-15-22(35-26(19)33(31-16)18-8-4-2-5-9-18)25(34)28-21-14-17(11-12-20(21)27)24-30-29-23-10-6-3-7-13-32(23)24/h2,4-5,8-9,11-12,14-15H,3,6-7,10,13H2,1H3,(H,28,34). The van der Waals surface area contributed by atoms with Crippen molar-refractivity contribution >= 4 is 33.1 Å². The highest BCUT2D eigenvalue weighted by atomic mass is 32.1. The number of nitrogens with zero attached hydrogens (tertiary/aromatic N) is 5. The van der Waals surface area contributed by atoms with Gasteiger partial charge >= 0.3 is 0 Å². The van der Waals surface area contributed by atoms with Crippen LogP contribution in [0.25, 0.3) is 27.3 Å². The Hall–Kier alpha value is -3.85. The molecule has 0 atom stereocenters. The Morgan fingerprint density at radius 2 is 1.91 bits per heavy atom. The molecule has 6 rings (SSSR count). The molecule has 7 nitrogen and oxygen atoms in total. The normalized spacial score (nSPS) is 13.5. The third-order valence-corrected chi connectivity index (χ3v) is 7.46. The molecule has 9 heteroatoms. The number of nitrogens with one attached hydrogen (secondary N) is 1. The summed E-state index contributed by atoms with van der Waals surface area (Å²) in [5.41, 5.74) is 2.61. The number of rotatable bonds is 4. The van der Waals surface area contributed by atoms with Gasteiger partial charge in [0.15, 0.2) is 5.82 Å². The second-order valence-corrected chi connectivity index (χ2v) is 9.74. The lowest BCUT2D eigenvalue weighted by Crippen LogP contribution is -2.12. The molecular weight excluding hydrogens is 463 g/mol. The molecule has 35 heavy (non-hydrogen) atoms. The Morgan fingerprint density at radius 1 is 1.06 bits per heavy atom. The first-order valence-corrected chi connectivity index (χ1v) is 12.5. The van der Waals surface area contributed by atoms with Crippen LogP contribution in [-0.2, 0) is 13.0 Å². The van der Waals surface area contributed by atoms with Crippen LogP contribution in [0.4, 0.5) is 10.1 Å². The number of amides is 1. The Morgan fingerprint density at radius 3 is 2.77 bits per heavy atom. The summed E-state index contributed by atoms with van der Waals surface area (Å²) in [6.45, 7) is 2.76. The van der Waals surface area contributed by atoms with E-state index in [4.69, 9.17) is 0 Å². The van der Waals surface area contributed by atoms with Gasteiger partial charge in [0, 0.05) is 23.9 Å². The maximum absolute atomic E-state index is 14.7. The minimum atomic E-state index is -0.495. The Balaban J connectivity index is 1.31. The van der Waals surface area contributed by atoms with Crippen molar-refractivity contribution in [2.45, 2.75) is 39.2 Å². The molecule has 1 aliphatic heterocycles. The number of carbonyl (C=O) groups excluding carboxylic acids is 1. The average Bonchev–Trinajstić information content (AvgIpc) is 3.51. The van der Waals surface area contributed by atoms with E-state index in [9.17, 15) is 9.18 Å². The molecule has 1 N–H and O–H groups in total. The van der Waals surface area contributed by atoms with E-state index < -0.39 is 5.82 Å².